The summed E-state index contributed by atoms with van der Waals surface area (Å²) in [6.07, 6.45) is 6.78. The lowest BCUT2D eigenvalue weighted by Crippen LogP contribution is -2.29. The van der Waals surface area contributed by atoms with E-state index in [0.29, 0.717) is 31.0 Å². The minimum Gasteiger partial charge on any atom is -0.469 e. The molecule has 6 heteroatoms. The molecule has 1 saturated carbocycles. The Hall–Kier alpha value is -3.41. The molecule has 4 rings (SSSR count). The Balaban J connectivity index is 1.54. The number of nitrogens with zero attached hydrogens (tertiary/aromatic N) is 1. The fourth-order valence-electron chi connectivity index (χ4n) is 5.20. The lowest BCUT2D eigenvalue weighted by atomic mass is 9.87. The largest absolute Gasteiger partial charge is 0.469 e. The zero-order valence-electron chi connectivity index (χ0n) is 24.0. The second-order valence-corrected chi connectivity index (χ2v) is 12.0. The van der Waals surface area contributed by atoms with Crippen LogP contribution in [0, 0.1) is 11.8 Å². The van der Waals surface area contributed by atoms with Crippen molar-refractivity contribution in [3.05, 3.63) is 65.5 Å². The predicted octanol–water partition coefficient (Wildman–Crippen LogP) is 7.38. The number of hydrogen-bond donors (Lipinski definition) is 1. The van der Waals surface area contributed by atoms with E-state index >= 15 is 0 Å². The summed E-state index contributed by atoms with van der Waals surface area (Å²) in [5, 5.41) is 5.03. The number of hydrogen-bond acceptors (Lipinski definition) is 5. The second kappa shape index (κ2) is 12.6. The molecule has 0 spiro atoms. The van der Waals surface area contributed by atoms with Gasteiger partial charge in [0, 0.05) is 24.0 Å². The highest BCUT2D eigenvalue weighted by molar-refractivity contribution is 5.97. The molecule has 208 valence electrons. The van der Waals surface area contributed by atoms with Crippen LogP contribution in [0.15, 0.2) is 48.5 Å². The number of amides is 1. The van der Waals surface area contributed by atoms with E-state index in [0.717, 1.165) is 34.4 Å². The summed E-state index contributed by atoms with van der Waals surface area (Å²) in [7, 11) is 1.39. The molecule has 1 aliphatic rings. The van der Waals surface area contributed by atoms with Gasteiger partial charge >= 0.3 is 5.97 Å². The smallest absolute Gasteiger partial charge is 0.305 e. The Morgan fingerprint density at radius 1 is 1.03 bits per heavy atom. The van der Waals surface area contributed by atoms with Crippen molar-refractivity contribution >= 4 is 22.6 Å². The molecule has 1 N–H and O–H groups in total. The predicted molar refractivity (Wildman–Crippen MR) is 155 cm³/mol. The Bertz CT molecular complexity index is 1290. The number of carbonyl (C=O) groups excluding carboxylic acids is 2. The minimum atomic E-state index is -0.230. The van der Waals surface area contributed by atoms with Crippen molar-refractivity contribution in [1.82, 2.24) is 10.3 Å². The highest BCUT2D eigenvalue weighted by Crippen LogP contribution is 2.33. The molecule has 0 saturated heterocycles. The summed E-state index contributed by atoms with van der Waals surface area (Å²) < 4.78 is 10.9. The monoisotopic (exact) mass is 530 g/mol. The summed E-state index contributed by atoms with van der Waals surface area (Å²) in [5.41, 5.74) is 2.74. The van der Waals surface area contributed by atoms with E-state index < -0.39 is 0 Å². The van der Waals surface area contributed by atoms with Crippen molar-refractivity contribution in [3.8, 4) is 11.5 Å². The van der Waals surface area contributed by atoms with Gasteiger partial charge in [-0.05, 0) is 71.4 Å². The highest BCUT2D eigenvalue weighted by atomic mass is 16.5. The topological polar surface area (TPSA) is 77.5 Å². The Labute approximate surface area is 232 Å². The third-order valence-corrected chi connectivity index (χ3v) is 7.71. The van der Waals surface area contributed by atoms with Gasteiger partial charge in [0.1, 0.15) is 17.2 Å². The number of pyridine rings is 1. The van der Waals surface area contributed by atoms with Crippen molar-refractivity contribution < 1.29 is 19.1 Å². The van der Waals surface area contributed by atoms with Gasteiger partial charge in [0.15, 0.2) is 0 Å². The molecule has 1 heterocycles. The van der Waals surface area contributed by atoms with Crippen LogP contribution in [-0.2, 0) is 21.4 Å². The Morgan fingerprint density at radius 2 is 1.72 bits per heavy atom. The summed E-state index contributed by atoms with van der Waals surface area (Å²) in [6, 6.07) is 16.2. The third-order valence-electron chi connectivity index (χ3n) is 7.71. The van der Waals surface area contributed by atoms with Gasteiger partial charge in [-0.25, -0.2) is 4.98 Å². The molecule has 0 radical (unpaired) electrons. The average molecular weight is 531 g/mol. The summed E-state index contributed by atoms with van der Waals surface area (Å²) in [6.45, 7) is 9.09. The number of rotatable bonds is 10. The molecule has 1 fully saturated rings. The first-order valence-electron chi connectivity index (χ1n) is 14.2. The zero-order valence-corrected chi connectivity index (χ0v) is 24.0. The van der Waals surface area contributed by atoms with Crippen LogP contribution in [0.4, 0.5) is 0 Å². The van der Waals surface area contributed by atoms with E-state index in [4.69, 9.17) is 14.5 Å². The first-order chi connectivity index (χ1) is 18.6. The SMILES string of the molecule is COC(=O)CCC(C)CNC(=O)c1cc2ccc(Oc3ccc(C(C)(C)C)cc3)cc2c(CC2CCCC2)n1. The van der Waals surface area contributed by atoms with Gasteiger partial charge in [-0.15, -0.1) is 0 Å². The number of benzene rings is 2. The molecular formula is C33H42N2O4. The van der Waals surface area contributed by atoms with Crippen molar-refractivity contribution in [1.29, 1.82) is 0 Å². The van der Waals surface area contributed by atoms with Crippen LogP contribution in [-0.4, -0.2) is 30.5 Å². The van der Waals surface area contributed by atoms with Crippen molar-refractivity contribution in [2.45, 2.75) is 78.1 Å². The maximum Gasteiger partial charge on any atom is 0.305 e. The number of nitrogens with one attached hydrogen (secondary N) is 1. The van der Waals surface area contributed by atoms with Crippen molar-refractivity contribution in [2.75, 3.05) is 13.7 Å². The van der Waals surface area contributed by atoms with Crippen molar-refractivity contribution in [2.24, 2.45) is 11.8 Å². The molecule has 3 aromatic rings. The fourth-order valence-corrected chi connectivity index (χ4v) is 5.20. The number of ether oxygens (including phenoxy) is 2. The lowest BCUT2D eigenvalue weighted by Gasteiger charge is -2.19. The first kappa shape index (κ1) is 28.6. The minimum absolute atomic E-state index is 0.0907. The summed E-state index contributed by atoms with van der Waals surface area (Å²) in [4.78, 5) is 29.4. The van der Waals surface area contributed by atoms with Gasteiger partial charge in [0.25, 0.3) is 5.91 Å². The van der Waals surface area contributed by atoms with Crippen LogP contribution in [0.25, 0.3) is 10.8 Å². The fraction of sp³-hybridized carbons (Fsp3) is 0.485. The number of fused-ring (bicyclic) bond motifs is 1. The van der Waals surface area contributed by atoms with Gasteiger partial charge < -0.3 is 14.8 Å². The van der Waals surface area contributed by atoms with Crippen LogP contribution in [0.1, 0.15) is 88.0 Å². The standard InChI is InChI=1S/C33H42N2O4/c1-22(10-17-31(36)38-5)21-34-32(37)30-19-24-11-14-27(39-26-15-12-25(13-16-26)33(2,3)4)20-28(24)29(35-30)18-23-8-6-7-9-23/h11-16,19-20,22-23H,6-10,17-18,21H2,1-5H3,(H,34,37). The number of aromatic nitrogens is 1. The molecule has 0 bridgehead atoms. The number of esters is 1. The van der Waals surface area contributed by atoms with E-state index in [2.05, 4.69) is 44.3 Å². The van der Waals surface area contributed by atoms with Gasteiger partial charge in [0.2, 0.25) is 0 Å². The Kier molecular flexibility index (Phi) is 9.26. The molecule has 1 atom stereocenters. The van der Waals surface area contributed by atoms with E-state index in [1.54, 1.807) is 0 Å². The van der Waals surface area contributed by atoms with E-state index in [-0.39, 0.29) is 23.2 Å². The number of carbonyl (C=O) groups is 2. The van der Waals surface area contributed by atoms with E-state index in [1.165, 1.54) is 38.4 Å². The van der Waals surface area contributed by atoms with Gasteiger partial charge in [-0.3, -0.25) is 9.59 Å². The zero-order chi connectivity index (χ0) is 28.0. The maximum atomic E-state index is 13.1. The second-order valence-electron chi connectivity index (χ2n) is 12.0. The summed E-state index contributed by atoms with van der Waals surface area (Å²) in [5.74, 6) is 1.89. The average Bonchev–Trinajstić information content (AvgIpc) is 3.43. The molecule has 39 heavy (non-hydrogen) atoms. The first-order valence-corrected chi connectivity index (χ1v) is 14.2. The third kappa shape index (κ3) is 7.81. The van der Waals surface area contributed by atoms with Crippen LogP contribution < -0.4 is 10.1 Å². The molecular weight excluding hydrogens is 488 g/mol. The molecule has 1 amide bonds. The molecule has 6 nitrogen and oxygen atoms in total. The Morgan fingerprint density at radius 3 is 2.38 bits per heavy atom. The van der Waals surface area contributed by atoms with E-state index in [9.17, 15) is 9.59 Å². The highest BCUT2D eigenvalue weighted by Gasteiger charge is 2.20. The normalized spacial score (nSPS) is 14.8. The maximum absolute atomic E-state index is 13.1. The molecule has 0 aliphatic heterocycles. The number of methoxy groups -OCH3 is 1. The van der Waals surface area contributed by atoms with Gasteiger partial charge in [-0.2, -0.15) is 0 Å². The van der Waals surface area contributed by atoms with Gasteiger partial charge in [0.05, 0.1) is 7.11 Å². The van der Waals surface area contributed by atoms with Crippen LogP contribution in [0.5, 0.6) is 11.5 Å². The molecule has 1 unspecified atom stereocenters. The van der Waals surface area contributed by atoms with Gasteiger partial charge in [-0.1, -0.05) is 71.6 Å². The molecule has 2 aromatic carbocycles. The quantitative estimate of drug-likeness (QED) is 0.277. The van der Waals surface area contributed by atoms with Crippen molar-refractivity contribution in [3.63, 3.8) is 0 Å². The lowest BCUT2D eigenvalue weighted by molar-refractivity contribution is -0.140. The van der Waals surface area contributed by atoms with Crippen LogP contribution in [0.2, 0.25) is 0 Å². The molecule has 1 aromatic heterocycles. The molecule has 1 aliphatic carbocycles. The summed E-state index contributed by atoms with van der Waals surface area (Å²) >= 11 is 0. The van der Waals surface area contributed by atoms with Crippen LogP contribution >= 0.6 is 0 Å². The van der Waals surface area contributed by atoms with E-state index in [1.807, 2.05) is 37.3 Å². The van der Waals surface area contributed by atoms with Crippen LogP contribution in [0.3, 0.4) is 0 Å².